The van der Waals surface area contributed by atoms with Crippen LogP contribution in [-0.2, 0) is 9.59 Å². The molecule has 2 aromatic rings. The zero-order chi connectivity index (χ0) is 20.4. The van der Waals surface area contributed by atoms with Gasteiger partial charge in [0.15, 0.2) is 11.5 Å². The second kappa shape index (κ2) is 8.15. The third kappa shape index (κ3) is 4.06. The Hall–Kier alpha value is -3.02. The van der Waals surface area contributed by atoms with Crippen LogP contribution in [0.25, 0.3) is 0 Å². The van der Waals surface area contributed by atoms with E-state index in [1.165, 1.54) is 5.56 Å². The first-order valence-corrected chi connectivity index (χ1v) is 10.1. The molecule has 1 saturated heterocycles. The van der Waals surface area contributed by atoms with Crippen molar-refractivity contribution in [3.63, 3.8) is 0 Å². The maximum atomic E-state index is 12.9. The summed E-state index contributed by atoms with van der Waals surface area (Å²) in [6, 6.07) is 13.6. The molecule has 6 heteroatoms. The standard InChI is InChI=1S/C23H26N2O4/c1-3-19(16-6-4-15(2)5-7-16)24-23(27)17-12-22(26)25(14-17)18-8-9-20-21(13-18)29-11-10-28-20/h4-9,13,17,19H,3,10-12,14H2,1-2H3,(H,24,27). The number of hydrogen-bond donors (Lipinski definition) is 1. The SMILES string of the molecule is CCC(NC(=O)C1CC(=O)N(c2ccc3c(c2)OCCO3)C1)c1ccc(C)cc1. The fraction of sp³-hybridized carbons (Fsp3) is 0.391. The highest BCUT2D eigenvalue weighted by atomic mass is 16.6. The van der Waals surface area contributed by atoms with Crippen LogP contribution in [0.1, 0.15) is 36.9 Å². The fourth-order valence-electron chi connectivity index (χ4n) is 3.84. The number of ether oxygens (including phenoxy) is 2. The number of nitrogens with zero attached hydrogens (tertiary/aromatic N) is 1. The van der Waals surface area contributed by atoms with Crippen LogP contribution in [0.3, 0.4) is 0 Å². The molecule has 0 saturated carbocycles. The van der Waals surface area contributed by atoms with Gasteiger partial charge in [-0.05, 0) is 31.0 Å². The summed E-state index contributed by atoms with van der Waals surface area (Å²) >= 11 is 0. The van der Waals surface area contributed by atoms with Gasteiger partial charge in [-0.3, -0.25) is 9.59 Å². The Morgan fingerprint density at radius 3 is 2.59 bits per heavy atom. The lowest BCUT2D eigenvalue weighted by Crippen LogP contribution is -2.35. The van der Waals surface area contributed by atoms with E-state index in [1.807, 2.05) is 56.3 Å². The van der Waals surface area contributed by atoms with Gasteiger partial charge in [-0.1, -0.05) is 36.8 Å². The lowest BCUT2D eigenvalue weighted by atomic mass is 10.0. The molecular formula is C23H26N2O4. The number of benzene rings is 2. The Morgan fingerprint density at radius 1 is 1.14 bits per heavy atom. The fourth-order valence-corrected chi connectivity index (χ4v) is 3.84. The number of hydrogen-bond acceptors (Lipinski definition) is 4. The highest BCUT2D eigenvalue weighted by Gasteiger charge is 2.36. The van der Waals surface area contributed by atoms with Crippen molar-refractivity contribution >= 4 is 17.5 Å². The molecule has 1 fully saturated rings. The molecule has 29 heavy (non-hydrogen) atoms. The van der Waals surface area contributed by atoms with Crippen molar-refractivity contribution in [1.82, 2.24) is 5.32 Å². The van der Waals surface area contributed by atoms with Crippen molar-refractivity contribution < 1.29 is 19.1 Å². The molecule has 2 aromatic carbocycles. The smallest absolute Gasteiger partial charge is 0.227 e. The summed E-state index contributed by atoms with van der Waals surface area (Å²) in [5.41, 5.74) is 3.01. The van der Waals surface area contributed by atoms with Crippen molar-refractivity contribution in [2.45, 2.75) is 32.7 Å². The zero-order valence-electron chi connectivity index (χ0n) is 16.8. The second-order valence-corrected chi connectivity index (χ2v) is 7.61. The van der Waals surface area contributed by atoms with Crippen molar-refractivity contribution in [2.24, 2.45) is 5.92 Å². The van der Waals surface area contributed by atoms with Crippen molar-refractivity contribution in [1.29, 1.82) is 0 Å². The summed E-state index contributed by atoms with van der Waals surface area (Å²) in [5, 5.41) is 3.12. The van der Waals surface area contributed by atoms with E-state index in [-0.39, 0.29) is 30.2 Å². The highest BCUT2D eigenvalue weighted by Crippen LogP contribution is 2.36. The number of carbonyl (C=O) groups is 2. The topological polar surface area (TPSA) is 67.9 Å². The van der Waals surface area contributed by atoms with Gasteiger partial charge in [-0.2, -0.15) is 0 Å². The Balaban J connectivity index is 1.44. The first kappa shape index (κ1) is 19.3. The minimum absolute atomic E-state index is 0.0507. The molecule has 2 aliphatic rings. The van der Waals surface area contributed by atoms with Gasteiger partial charge < -0.3 is 19.7 Å². The monoisotopic (exact) mass is 394 g/mol. The molecule has 2 aliphatic heterocycles. The van der Waals surface area contributed by atoms with E-state index in [0.717, 1.165) is 17.7 Å². The normalized spacial score (nSPS) is 19.2. The molecule has 4 rings (SSSR count). The summed E-state index contributed by atoms with van der Waals surface area (Å²) < 4.78 is 11.2. The molecule has 1 N–H and O–H groups in total. The number of aryl methyl sites for hydroxylation is 1. The van der Waals surface area contributed by atoms with Gasteiger partial charge in [0, 0.05) is 24.7 Å². The second-order valence-electron chi connectivity index (χ2n) is 7.61. The molecule has 2 heterocycles. The predicted molar refractivity (Wildman–Crippen MR) is 110 cm³/mol. The summed E-state index contributed by atoms with van der Waals surface area (Å²) in [5.74, 6) is 0.830. The third-order valence-electron chi connectivity index (χ3n) is 5.54. The summed E-state index contributed by atoms with van der Waals surface area (Å²) in [6.07, 6.45) is 1.01. The molecule has 0 spiro atoms. The van der Waals surface area contributed by atoms with Crippen LogP contribution < -0.4 is 19.7 Å². The Morgan fingerprint density at radius 2 is 1.86 bits per heavy atom. The van der Waals surface area contributed by atoms with E-state index in [2.05, 4.69) is 5.32 Å². The number of rotatable bonds is 5. The van der Waals surface area contributed by atoms with Gasteiger partial charge in [-0.25, -0.2) is 0 Å². The molecule has 152 valence electrons. The first-order chi connectivity index (χ1) is 14.0. The molecule has 0 radical (unpaired) electrons. The summed E-state index contributed by atoms with van der Waals surface area (Å²) in [4.78, 5) is 27.1. The molecule has 2 atom stereocenters. The van der Waals surface area contributed by atoms with Crippen LogP contribution in [-0.4, -0.2) is 31.6 Å². The van der Waals surface area contributed by atoms with E-state index in [9.17, 15) is 9.59 Å². The van der Waals surface area contributed by atoms with Gasteiger partial charge in [0.2, 0.25) is 11.8 Å². The van der Waals surface area contributed by atoms with Crippen molar-refractivity contribution in [3.05, 3.63) is 53.6 Å². The Labute approximate surface area is 170 Å². The van der Waals surface area contributed by atoms with Crippen LogP contribution in [0.2, 0.25) is 0 Å². The van der Waals surface area contributed by atoms with Gasteiger partial charge in [0.1, 0.15) is 13.2 Å². The van der Waals surface area contributed by atoms with E-state index in [1.54, 1.807) is 4.90 Å². The zero-order valence-corrected chi connectivity index (χ0v) is 16.8. The quantitative estimate of drug-likeness (QED) is 0.844. The van der Waals surface area contributed by atoms with Crippen LogP contribution in [0.4, 0.5) is 5.69 Å². The number of nitrogens with one attached hydrogen (secondary N) is 1. The van der Waals surface area contributed by atoms with Gasteiger partial charge in [-0.15, -0.1) is 0 Å². The average Bonchev–Trinajstić information content (AvgIpc) is 3.14. The number of fused-ring (bicyclic) bond motifs is 1. The number of anilines is 1. The van der Waals surface area contributed by atoms with E-state index < -0.39 is 0 Å². The predicted octanol–water partition coefficient (Wildman–Crippen LogP) is 3.39. The summed E-state index contributed by atoms with van der Waals surface area (Å²) in [7, 11) is 0. The van der Waals surface area contributed by atoms with Gasteiger partial charge in [0.25, 0.3) is 0 Å². The first-order valence-electron chi connectivity index (χ1n) is 10.1. The minimum atomic E-state index is -0.366. The molecule has 0 bridgehead atoms. The van der Waals surface area contributed by atoms with Crippen LogP contribution >= 0.6 is 0 Å². The lowest BCUT2D eigenvalue weighted by molar-refractivity contribution is -0.127. The van der Waals surface area contributed by atoms with Crippen LogP contribution in [0, 0.1) is 12.8 Å². The van der Waals surface area contributed by atoms with Crippen molar-refractivity contribution in [2.75, 3.05) is 24.7 Å². The Bertz CT molecular complexity index is 910. The average molecular weight is 394 g/mol. The molecule has 2 unspecified atom stereocenters. The van der Waals surface area contributed by atoms with Crippen LogP contribution in [0.15, 0.2) is 42.5 Å². The van der Waals surface area contributed by atoms with Gasteiger partial charge in [0.05, 0.1) is 12.0 Å². The molecule has 2 amide bonds. The van der Waals surface area contributed by atoms with Crippen LogP contribution in [0.5, 0.6) is 11.5 Å². The van der Waals surface area contributed by atoms with E-state index in [4.69, 9.17) is 9.47 Å². The van der Waals surface area contributed by atoms with E-state index in [0.29, 0.717) is 31.3 Å². The maximum absolute atomic E-state index is 12.9. The number of carbonyl (C=O) groups excluding carboxylic acids is 2. The van der Waals surface area contributed by atoms with Crippen molar-refractivity contribution in [3.8, 4) is 11.5 Å². The molecule has 0 aliphatic carbocycles. The summed E-state index contributed by atoms with van der Waals surface area (Å²) in [6.45, 7) is 5.48. The third-order valence-corrected chi connectivity index (χ3v) is 5.54. The molecular weight excluding hydrogens is 368 g/mol. The maximum Gasteiger partial charge on any atom is 0.227 e. The van der Waals surface area contributed by atoms with E-state index >= 15 is 0 Å². The minimum Gasteiger partial charge on any atom is -0.486 e. The molecule has 6 nitrogen and oxygen atoms in total. The van der Waals surface area contributed by atoms with Gasteiger partial charge >= 0.3 is 0 Å². The molecule has 0 aromatic heterocycles. The number of amides is 2. The lowest BCUT2D eigenvalue weighted by Gasteiger charge is -2.23. The largest absolute Gasteiger partial charge is 0.486 e. The highest BCUT2D eigenvalue weighted by molar-refractivity contribution is 6.00. The Kier molecular flexibility index (Phi) is 5.43.